The van der Waals surface area contributed by atoms with Gasteiger partial charge in [0.2, 0.25) is 0 Å². The molecule has 1 amide bonds. The molecule has 0 N–H and O–H groups in total. The molecule has 4 aromatic rings. The molecule has 0 aliphatic rings. The number of amides is 1. The van der Waals surface area contributed by atoms with E-state index < -0.39 is 0 Å². The number of likely N-dealkylation sites (N-methyl/N-ethyl adjacent to an activating group) is 1. The Bertz CT molecular complexity index is 1020. The van der Waals surface area contributed by atoms with Gasteiger partial charge >= 0.3 is 0 Å². The van der Waals surface area contributed by atoms with Crippen LogP contribution in [0.2, 0.25) is 0 Å². The van der Waals surface area contributed by atoms with E-state index >= 15 is 0 Å². The van der Waals surface area contributed by atoms with Gasteiger partial charge in [-0.25, -0.2) is 0 Å². The second-order valence-corrected chi connectivity index (χ2v) is 6.71. The SMILES string of the molecule is CN(Cc1ccsc1)C(=O)COc1ccc2oc3ccccc3c2c1. The lowest BCUT2D eigenvalue weighted by molar-refractivity contribution is -0.132. The Balaban J connectivity index is 1.47. The van der Waals surface area contributed by atoms with Crippen molar-refractivity contribution in [2.24, 2.45) is 0 Å². The van der Waals surface area contributed by atoms with Crippen molar-refractivity contribution in [3.8, 4) is 5.75 Å². The second-order valence-electron chi connectivity index (χ2n) is 5.93. The number of rotatable bonds is 5. The van der Waals surface area contributed by atoms with E-state index in [1.165, 1.54) is 0 Å². The maximum atomic E-state index is 12.3. The zero-order chi connectivity index (χ0) is 17.2. The van der Waals surface area contributed by atoms with Crippen molar-refractivity contribution in [2.45, 2.75) is 6.54 Å². The summed E-state index contributed by atoms with van der Waals surface area (Å²) in [6.45, 7) is 0.610. The summed E-state index contributed by atoms with van der Waals surface area (Å²) in [5.74, 6) is 0.611. The summed E-state index contributed by atoms with van der Waals surface area (Å²) < 4.78 is 11.5. The third-order valence-corrected chi connectivity index (χ3v) is 4.87. The minimum atomic E-state index is -0.0525. The highest BCUT2D eigenvalue weighted by Crippen LogP contribution is 2.31. The maximum Gasteiger partial charge on any atom is 0.260 e. The van der Waals surface area contributed by atoms with Crippen LogP contribution >= 0.6 is 11.3 Å². The largest absolute Gasteiger partial charge is 0.484 e. The number of nitrogens with zero attached hydrogens (tertiary/aromatic N) is 1. The Kier molecular flexibility index (Phi) is 4.15. The van der Waals surface area contributed by atoms with Gasteiger partial charge in [0.25, 0.3) is 5.91 Å². The molecule has 4 rings (SSSR count). The molecule has 2 aromatic carbocycles. The minimum absolute atomic E-state index is 0.0158. The fourth-order valence-electron chi connectivity index (χ4n) is 2.79. The number of fused-ring (bicyclic) bond motifs is 3. The van der Waals surface area contributed by atoms with Crippen molar-refractivity contribution < 1.29 is 13.9 Å². The van der Waals surface area contributed by atoms with E-state index in [2.05, 4.69) is 0 Å². The van der Waals surface area contributed by atoms with Gasteiger partial charge in [0.05, 0.1) is 0 Å². The van der Waals surface area contributed by atoms with Crippen LogP contribution in [-0.4, -0.2) is 24.5 Å². The zero-order valence-corrected chi connectivity index (χ0v) is 14.6. The van der Waals surface area contributed by atoms with Gasteiger partial charge in [-0.3, -0.25) is 4.79 Å². The summed E-state index contributed by atoms with van der Waals surface area (Å²) in [6, 6.07) is 15.5. The molecular formula is C20H17NO3S. The number of ether oxygens (including phenoxy) is 1. The fourth-order valence-corrected chi connectivity index (χ4v) is 3.45. The van der Waals surface area contributed by atoms with Crippen molar-refractivity contribution in [2.75, 3.05) is 13.7 Å². The predicted molar refractivity (Wildman–Crippen MR) is 100 cm³/mol. The number of thiophene rings is 1. The number of hydrogen-bond donors (Lipinski definition) is 0. The van der Waals surface area contributed by atoms with Gasteiger partial charge in [-0.05, 0) is 46.7 Å². The molecule has 4 nitrogen and oxygen atoms in total. The lowest BCUT2D eigenvalue weighted by Crippen LogP contribution is -2.30. The lowest BCUT2D eigenvalue weighted by Gasteiger charge is -2.16. The van der Waals surface area contributed by atoms with E-state index in [0.717, 1.165) is 27.5 Å². The van der Waals surface area contributed by atoms with E-state index in [0.29, 0.717) is 12.3 Å². The van der Waals surface area contributed by atoms with Crippen molar-refractivity contribution in [1.29, 1.82) is 0 Å². The number of para-hydroxylation sites is 1. The average molecular weight is 351 g/mol. The van der Waals surface area contributed by atoms with Gasteiger partial charge in [-0.1, -0.05) is 18.2 Å². The van der Waals surface area contributed by atoms with Gasteiger partial charge in [0.1, 0.15) is 16.9 Å². The topological polar surface area (TPSA) is 42.7 Å². The Morgan fingerprint density at radius 1 is 1.12 bits per heavy atom. The fraction of sp³-hybridized carbons (Fsp3) is 0.150. The summed E-state index contributed by atoms with van der Waals surface area (Å²) in [5.41, 5.74) is 2.79. The quantitative estimate of drug-likeness (QED) is 0.524. The van der Waals surface area contributed by atoms with Crippen molar-refractivity contribution in [3.63, 3.8) is 0 Å². The molecular weight excluding hydrogens is 334 g/mol. The van der Waals surface area contributed by atoms with E-state index in [1.807, 2.05) is 59.3 Å². The molecule has 0 fully saturated rings. The Hall–Kier alpha value is -2.79. The average Bonchev–Trinajstić information content (AvgIpc) is 3.26. The van der Waals surface area contributed by atoms with E-state index in [9.17, 15) is 4.79 Å². The molecule has 0 unspecified atom stereocenters. The molecule has 0 bridgehead atoms. The number of furan rings is 1. The zero-order valence-electron chi connectivity index (χ0n) is 13.8. The first-order valence-corrected chi connectivity index (χ1v) is 8.94. The Morgan fingerprint density at radius 2 is 1.96 bits per heavy atom. The van der Waals surface area contributed by atoms with Gasteiger partial charge in [0.15, 0.2) is 6.61 Å². The molecule has 2 aromatic heterocycles. The van der Waals surface area contributed by atoms with Crippen LogP contribution in [0.1, 0.15) is 5.56 Å². The third kappa shape index (κ3) is 3.23. The van der Waals surface area contributed by atoms with Gasteiger partial charge in [-0.2, -0.15) is 11.3 Å². The van der Waals surface area contributed by atoms with E-state index in [-0.39, 0.29) is 12.5 Å². The Morgan fingerprint density at radius 3 is 2.80 bits per heavy atom. The number of benzene rings is 2. The predicted octanol–water partition coefficient (Wildman–Crippen LogP) is 4.68. The summed E-state index contributed by atoms with van der Waals surface area (Å²) in [5, 5.41) is 6.09. The molecule has 0 atom stereocenters. The first-order chi connectivity index (χ1) is 12.2. The van der Waals surface area contributed by atoms with Crippen LogP contribution < -0.4 is 4.74 Å². The number of carbonyl (C=O) groups is 1. The number of carbonyl (C=O) groups excluding carboxylic acids is 1. The van der Waals surface area contributed by atoms with Gasteiger partial charge < -0.3 is 14.1 Å². The second kappa shape index (κ2) is 6.61. The normalized spacial score (nSPS) is 11.1. The van der Waals surface area contributed by atoms with Crippen molar-refractivity contribution >= 4 is 39.2 Å². The smallest absolute Gasteiger partial charge is 0.260 e. The molecule has 126 valence electrons. The van der Waals surface area contributed by atoms with Crippen LogP contribution in [0, 0.1) is 0 Å². The third-order valence-electron chi connectivity index (χ3n) is 4.14. The van der Waals surface area contributed by atoms with Crippen LogP contribution in [0.25, 0.3) is 21.9 Å². The first kappa shape index (κ1) is 15.7. The van der Waals surface area contributed by atoms with Gasteiger partial charge in [0, 0.05) is 24.4 Å². The molecule has 0 aliphatic carbocycles. The molecule has 0 radical (unpaired) electrons. The van der Waals surface area contributed by atoms with Crippen molar-refractivity contribution in [3.05, 3.63) is 64.9 Å². The molecule has 5 heteroatoms. The molecule has 0 spiro atoms. The summed E-state index contributed by atoms with van der Waals surface area (Å²) >= 11 is 1.63. The first-order valence-electron chi connectivity index (χ1n) is 8.00. The molecule has 2 heterocycles. The lowest BCUT2D eigenvalue weighted by atomic mass is 10.1. The van der Waals surface area contributed by atoms with Crippen LogP contribution in [-0.2, 0) is 11.3 Å². The van der Waals surface area contributed by atoms with E-state index in [1.54, 1.807) is 23.3 Å². The van der Waals surface area contributed by atoms with Crippen molar-refractivity contribution in [1.82, 2.24) is 4.90 Å². The molecule has 25 heavy (non-hydrogen) atoms. The van der Waals surface area contributed by atoms with Crippen LogP contribution in [0.4, 0.5) is 0 Å². The van der Waals surface area contributed by atoms with Gasteiger partial charge in [-0.15, -0.1) is 0 Å². The Labute approximate surface area is 149 Å². The highest BCUT2D eigenvalue weighted by atomic mass is 32.1. The van der Waals surface area contributed by atoms with Crippen LogP contribution in [0.3, 0.4) is 0 Å². The maximum absolute atomic E-state index is 12.3. The summed E-state index contributed by atoms with van der Waals surface area (Å²) in [4.78, 5) is 13.9. The number of hydrogen-bond acceptors (Lipinski definition) is 4. The summed E-state index contributed by atoms with van der Waals surface area (Å²) in [7, 11) is 1.79. The molecule has 0 aliphatic heterocycles. The van der Waals surface area contributed by atoms with Crippen LogP contribution in [0.5, 0.6) is 5.75 Å². The minimum Gasteiger partial charge on any atom is -0.484 e. The molecule has 0 saturated carbocycles. The standard InChI is InChI=1S/C20H17NO3S/c1-21(11-14-8-9-25-13-14)20(22)12-23-15-6-7-19-17(10-15)16-4-2-3-5-18(16)24-19/h2-10,13H,11-12H2,1H3. The van der Waals surface area contributed by atoms with E-state index in [4.69, 9.17) is 9.15 Å². The van der Waals surface area contributed by atoms with Crippen LogP contribution in [0.15, 0.2) is 63.7 Å². The molecule has 0 saturated heterocycles. The monoisotopic (exact) mass is 351 g/mol. The highest BCUT2D eigenvalue weighted by Gasteiger charge is 2.12. The highest BCUT2D eigenvalue weighted by molar-refractivity contribution is 7.07. The summed E-state index contributed by atoms with van der Waals surface area (Å²) in [6.07, 6.45) is 0.